The fourth-order valence-corrected chi connectivity index (χ4v) is 4.18. The molecule has 0 radical (unpaired) electrons. The average molecular weight is 487 g/mol. The zero-order valence-corrected chi connectivity index (χ0v) is 19.8. The van der Waals surface area contributed by atoms with Gasteiger partial charge in [-0.15, -0.1) is 0 Å². The van der Waals surface area contributed by atoms with Gasteiger partial charge in [0.15, 0.2) is 5.78 Å². The predicted octanol–water partition coefficient (Wildman–Crippen LogP) is 5.63. The van der Waals surface area contributed by atoms with Gasteiger partial charge < -0.3 is 5.32 Å². The van der Waals surface area contributed by atoms with Gasteiger partial charge in [0.2, 0.25) is 0 Å². The molecule has 0 aliphatic carbocycles. The molecule has 1 aliphatic rings. The molecule has 5 rings (SSSR count). The number of fused-ring (bicyclic) bond motifs is 1. The number of allylic oxidation sites excluding steroid dienone is 1. The number of amides is 3. The summed E-state index contributed by atoms with van der Waals surface area (Å²) in [5.41, 5.74) is 3.57. The molecule has 1 heterocycles. The van der Waals surface area contributed by atoms with E-state index in [1.807, 2.05) is 30.3 Å². The summed E-state index contributed by atoms with van der Waals surface area (Å²) >= 11 is 0. The normalized spacial score (nSPS) is 12.6. The van der Waals surface area contributed by atoms with E-state index in [-0.39, 0.29) is 30.0 Å². The molecule has 0 bridgehead atoms. The van der Waals surface area contributed by atoms with Crippen LogP contribution in [0.25, 0.3) is 6.08 Å². The molecule has 0 fully saturated rings. The van der Waals surface area contributed by atoms with Crippen LogP contribution in [0.15, 0.2) is 109 Å². The highest BCUT2D eigenvalue weighted by atomic mass is 16.2. The summed E-state index contributed by atoms with van der Waals surface area (Å²) in [6.07, 6.45) is 3.27. The molecule has 3 amide bonds. The van der Waals surface area contributed by atoms with Gasteiger partial charge in [-0.3, -0.25) is 24.1 Å². The lowest BCUT2D eigenvalue weighted by molar-refractivity contribution is 0.0640. The molecular formula is C31H22N2O4. The van der Waals surface area contributed by atoms with Gasteiger partial charge in [-0.05, 0) is 59.7 Å². The smallest absolute Gasteiger partial charge is 0.261 e. The van der Waals surface area contributed by atoms with Crippen LogP contribution in [-0.4, -0.2) is 28.4 Å². The zero-order chi connectivity index (χ0) is 25.8. The zero-order valence-electron chi connectivity index (χ0n) is 19.8. The van der Waals surface area contributed by atoms with Gasteiger partial charge in [0.05, 0.1) is 17.7 Å². The van der Waals surface area contributed by atoms with Crippen LogP contribution in [0.4, 0.5) is 5.69 Å². The maximum atomic E-state index is 13.1. The Kier molecular flexibility index (Phi) is 6.55. The van der Waals surface area contributed by atoms with E-state index in [4.69, 9.17) is 0 Å². The lowest BCUT2D eigenvalue weighted by atomic mass is 10.1. The Hall–Kier alpha value is -5.10. The SMILES string of the molecule is O=C(/C=C/c1ccccc1)c1ccc(NC(=O)c2ccccc2CN2C(=O)c3ccccc3C2=O)cc1. The van der Waals surface area contributed by atoms with Crippen molar-refractivity contribution in [3.8, 4) is 0 Å². The number of imide groups is 1. The Bertz CT molecular complexity index is 1500. The Balaban J connectivity index is 1.28. The maximum Gasteiger partial charge on any atom is 0.261 e. The van der Waals surface area contributed by atoms with Gasteiger partial charge in [-0.25, -0.2) is 0 Å². The van der Waals surface area contributed by atoms with Crippen LogP contribution in [0.1, 0.15) is 52.6 Å². The summed E-state index contributed by atoms with van der Waals surface area (Å²) < 4.78 is 0. The summed E-state index contributed by atoms with van der Waals surface area (Å²) in [5.74, 6) is -1.28. The van der Waals surface area contributed by atoms with E-state index in [2.05, 4.69) is 5.32 Å². The van der Waals surface area contributed by atoms with E-state index in [0.29, 0.717) is 33.5 Å². The van der Waals surface area contributed by atoms with Crippen molar-refractivity contribution in [2.24, 2.45) is 0 Å². The molecule has 0 aromatic heterocycles. The number of nitrogens with zero attached hydrogens (tertiary/aromatic N) is 1. The first-order chi connectivity index (χ1) is 18.0. The number of anilines is 1. The molecule has 0 atom stereocenters. The highest BCUT2D eigenvalue weighted by Crippen LogP contribution is 2.25. The van der Waals surface area contributed by atoms with Gasteiger partial charge in [0.1, 0.15) is 0 Å². The van der Waals surface area contributed by atoms with Crippen molar-refractivity contribution < 1.29 is 19.2 Å². The molecule has 0 spiro atoms. The number of hydrogen-bond acceptors (Lipinski definition) is 4. The maximum absolute atomic E-state index is 13.1. The van der Waals surface area contributed by atoms with Gasteiger partial charge in [-0.1, -0.05) is 66.7 Å². The minimum atomic E-state index is -0.379. The molecule has 180 valence electrons. The summed E-state index contributed by atoms with van der Waals surface area (Å²) in [4.78, 5) is 52.3. The summed E-state index contributed by atoms with van der Waals surface area (Å²) in [7, 11) is 0. The first kappa shape index (κ1) is 23.6. The van der Waals surface area contributed by atoms with Crippen LogP contribution in [0.3, 0.4) is 0 Å². The largest absolute Gasteiger partial charge is 0.322 e. The molecule has 0 saturated heterocycles. The second-order valence-corrected chi connectivity index (χ2v) is 8.54. The van der Waals surface area contributed by atoms with Gasteiger partial charge in [0.25, 0.3) is 17.7 Å². The fourth-order valence-electron chi connectivity index (χ4n) is 4.18. The number of nitrogens with one attached hydrogen (secondary N) is 1. The van der Waals surface area contributed by atoms with Crippen molar-refractivity contribution >= 4 is 35.3 Å². The van der Waals surface area contributed by atoms with E-state index in [9.17, 15) is 19.2 Å². The van der Waals surface area contributed by atoms with Crippen LogP contribution in [0.5, 0.6) is 0 Å². The second-order valence-electron chi connectivity index (χ2n) is 8.54. The number of rotatable bonds is 7. The molecular weight excluding hydrogens is 464 g/mol. The number of ketones is 1. The molecule has 6 heteroatoms. The molecule has 4 aromatic carbocycles. The summed E-state index contributed by atoms with van der Waals surface area (Å²) in [6.45, 7) is -0.0167. The summed E-state index contributed by atoms with van der Waals surface area (Å²) in [5, 5.41) is 2.83. The number of carbonyl (C=O) groups excluding carboxylic acids is 4. The van der Waals surface area contributed by atoms with Crippen LogP contribution < -0.4 is 5.32 Å². The van der Waals surface area contributed by atoms with Crippen LogP contribution in [0, 0.1) is 0 Å². The first-order valence-corrected chi connectivity index (χ1v) is 11.7. The minimum absolute atomic E-state index is 0.0167. The van der Waals surface area contributed by atoms with Crippen LogP contribution in [-0.2, 0) is 6.54 Å². The summed E-state index contributed by atoms with van der Waals surface area (Å²) in [6, 6.07) is 29.7. The van der Waals surface area contributed by atoms with Gasteiger partial charge in [-0.2, -0.15) is 0 Å². The minimum Gasteiger partial charge on any atom is -0.322 e. The van der Waals surface area contributed by atoms with E-state index >= 15 is 0 Å². The molecule has 1 aliphatic heterocycles. The highest BCUT2D eigenvalue weighted by molar-refractivity contribution is 6.21. The molecule has 0 saturated carbocycles. The van der Waals surface area contributed by atoms with Crippen molar-refractivity contribution in [3.63, 3.8) is 0 Å². The average Bonchev–Trinajstić information content (AvgIpc) is 3.18. The van der Waals surface area contributed by atoms with Gasteiger partial charge in [0, 0.05) is 16.8 Å². The molecule has 4 aromatic rings. The van der Waals surface area contributed by atoms with E-state index in [0.717, 1.165) is 10.5 Å². The lowest BCUT2D eigenvalue weighted by Crippen LogP contribution is -2.30. The number of benzene rings is 4. The Morgan fingerprint density at radius 2 is 1.30 bits per heavy atom. The highest BCUT2D eigenvalue weighted by Gasteiger charge is 2.35. The van der Waals surface area contributed by atoms with Crippen molar-refractivity contribution in [1.29, 1.82) is 0 Å². The van der Waals surface area contributed by atoms with Crippen molar-refractivity contribution in [3.05, 3.63) is 143 Å². The molecule has 1 N–H and O–H groups in total. The molecule has 6 nitrogen and oxygen atoms in total. The third-order valence-electron chi connectivity index (χ3n) is 6.12. The Morgan fingerprint density at radius 1 is 0.703 bits per heavy atom. The third-order valence-corrected chi connectivity index (χ3v) is 6.12. The van der Waals surface area contributed by atoms with Crippen molar-refractivity contribution in [1.82, 2.24) is 4.90 Å². The standard InChI is InChI=1S/C31H22N2O4/c34-28(19-14-21-8-2-1-3-9-21)22-15-17-24(18-16-22)32-29(35)25-11-5-4-10-23(25)20-33-30(36)26-12-6-7-13-27(26)31(33)37/h1-19H,20H2,(H,32,35)/b19-14+. The van der Waals surface area contributed by atoms with Crippen LogP contribution >= 0.6 is 0 Å². The van der Waals surface area contributed by atoms with E-state index in [1.54, 1.807) is 78.9 Å². The lowest BCUT2D eigenvalue weighted by Gasteiger charge is -2.16. The Morgan fingerprint density at radius 3 is 1.97 bits per heavy atom. The fraction of sp³-hybridized carbons (Fsp3) is 0.0323. The third kappa shape index (κ3) is 4.99. The van der Waals surface area contributed by atoms with Crippen molar-refractivity contribution in [2.75, 3.05) is 5.32 Å². The quantitative estimate of drug-likeness (QED) is 0.208. The van der Waals surface area contributed by atoms with Crippen LogP contribution in [0.2, 0.25) is 0 Å². The number of carbonyl (C=O) groups is 4. The number of hydrogen-bond donors (Lipinski definition) is 1. The van der Waals surface area contributed by atoms with E-state index < -0.39 is 0 Å². The first-order valence-electron chi connectivity index (χ1n) is 11.7. The second kappa shape index (κ2) is 10.3. The van der Waals surface area contributed by atoms with E-state index in [1.165, 1.54) is 6.08 Å². The Labute approximate surface area is 213 Å². The predicted molar refractivity (Wildman–Crippen MR) is 141 cm³/mol. The monoisotopic (exact) mass is 486 g/mol. The molecule has 0 unspecified atom stereocenters. The van der Waals surface area contributed by atoms with Gasteiger partial charge >= 0.3 is 0 Å². The van der Waals surface area contributed by atoms with Crippen molar-refractivity contribution in [2.45, 2.75) is 6.54 Å². The topological polar surface area (TPSA) is 83.6 Å². The molecule has 37 heavy (non-hydrogen) atoms.